The van der Waals surface area contributed by atoms with Crippen molar-refractivity contribution in [2.24, 2.45) is 5.73 Å². The summed E-state index contributed by atoms with van der Waals surface area (Å²) in [7, 11) is 0. The Bertz CT molecular complexity index is 354. The van der Waals surface area contributed by atoms with Gasteiger partial charge in [-0.15, -0.1) is 0 Å². The summed E-state index contributed by atoms with van der Waals surface area (Å²) in [5, 5.41) is 0. The summed E-state index contributed by atoms with van der Waals surface area (Å²) in [6, 6.07) is 9.72. The van der Waals surface area contributed by atoms with Crippen LogP contribution in [0.1, 0.15) is 25.3 Å². The van der Waals surface area contributed by atoms with E-state index >= 15 is 0 Å². The summed E-state index contributed by atoms with van der Waals surface area (Å²) < 4.78 is 10.3. The molecule has 19 heavy (non-hydrogen) atoms. The van der Waals surface area contributed by atoms with Crippen LogP contribution in [0, 0.1) is 0 Å². The average molecular weight is 265 g/mol. The van der Waals surface area contributed by atoms with E-state index in [1.54, 1.807) is 6.92 Å². The van der Waals surface area contributed by atoms with Crippen molar-refractivity contribution in [3.05, 3.63) is 35.9 Å². The van der Waals surface area contributed by atoms with Crippen LogP contribution in [0.5, 0.6) is 0 Å². The first-order valence-electron chi connectivity index (χ1n) is 6.78. The van der Waals surface area contributed by atoms with E-state index in [1.807, 2.05) is 18.2 Å². The Morgan fingerprint density at radius 1 is 1.26 bits per heavy atom. The fraction of sp³-hybridized carbons (Fsp3) is 0.533. The third-order valence-electron chi connectivity index (χ3n) is 2.76. The fourth-order valence-electron chi connectivity index (χ4n) is 1.70. The Morgan fingerprint density at radius 3 is 2.68 bits per heavy atom. The Hall–Kier alpha value is -1.39. The van der Waals surface area contributed by atoms with Crippen LogP contribution in [0.3, 0.4) is 0 Å². The molecule has 1 atom stereocenters. The third kappa shape index (κ3) is 6.94. The molecule has 0 saturated carbocycles. The summed E-state index contributed by atoms with van der Waals surface area (Å²) in [6.45, 7) is 3.31. The van der Waals surface area contributed by atoms with Crippen LogP contribution >= 0.6 is 0 Å². The van der Waals surface area contributed by atoms with E-state index in [0.717, 1.165) is 12.8 Å². The van der Waals surface area contributed by atoms with Crippen LogP contribution in [0.2, 0.25) is 0 Å². The molecule has 0 spiro atoms. The number of aryl methyl sites for hydroxylation is 1. The smallest absolute Gasteiger partial charge is 0.322 e. The number of nitrogens with two attached hydrogens (primary N) is 1. The zero-order valence-electron chi connectivity index (χ0n) is 11.5. The summed E-state index contributed by atoms with van der Waals surface area (Å²) in [5.74, 6) is -0.351. The first-order valence-corrected chi connectivity index (χ1v) is 6.78. The van der Waals surface area contributed by atoms with Crippen LogP contribution in [0.15, 0.2) is 30.3 Å². The molecule has 0 radical (unpaired) electrons. The number of carbonyl (C=O) groups is 1. The highest BCUT2D eigenvalue weighted by Gasteiger charge is 2.13. The van der Waals surface area contributed by atoms with E-state index in [-0.39, 0.29) is 5.97 Å². The maximum Gasteiger partial charge on any atom is 0.322 e. The maximum absolute atomic E-state index is 11.2. The van der Waals surface area contributed by atoms with Crippen molar-refractivity contribution in [2.75, 3.05) is 19.8 Å². The van der Waals surface area contributed by atoms with Crippen LogP contribution in [0.4, 0.5) is 0 Å². The topological polar surface area (TPSA) is 61.5 Å². The van der Waals surface area contributed by atoms with Gasteiger partial charge in [0.05, 0.1) is 6.61 Å². The molecule has 0 heterocycles. The van der Waals surface area contributed by atoms with Crippen molar-refractivity contribution >= 4 is 5.97 Å². The third-order valence-corrected chi connectivity index (χ3v) is 2.76. The van der Waals surface area contributed by atoms with Crippen molar-refractivity contribution in [3.63, 3.8) is 0 Å². The number of esters is 1. The second-order valence-electron chi connectivity index (χ2n) is 4.35. The minimum Gasteiger partial charge on any atom is -0.465 e. The summed E-state index contributed by atoms with van der Waals surface area (Å²) in [6.07, 6.45) is 2.48. The van der Waals surface area contributed by atoms with E-state index < -0.39 is 6.04 Å². The summed E-state index contributed by atoms with van der Waals surface area (Å²) in [4.78, 5) is 11.2. The van der Waals surface area contributed by atoms with Crippen molar-refractivity contribution in [1.29, 1.82) is 0 Å². The second-order valence-corrected chi connectivity index (χ2v) is 4.35. The molecule has 106 valence electrons. The van der Waals surface area contributed by atoms with Gasteiger partial charge in [-0.05, 0) is 31.7 Å². The molecular weight excluding hydrogens is 242 g/mol. The van der Waals surface area contributed by atoms with Gasteiger partial charge in [-0.1, -0.05) is 30.3 Å². The number of carbonyl (C=O) groups excluding carboxylic acids is 1. The Kier molecular flexibility index (Phi) is 7.86. The summed E-state index contributed by atoms with van der Waals surface area (Å²) in [5.41, 5.74) is 6.97. The average Bonchev–Trinajstić information content (AvgIpc) is 2.43. The van der Waals surface area contributed by atoms with E-state index in [9.17, 15) is 4.79 Å². The van der Waals surface area contributed by atoms with E-state index in [4.69, 9.17) is 15.2 Å². The maximum atomic E-state index is 11.2. The van der Waals surface area contributed by atoms with Gasteiger partial charge in [0.2, 0.25) is 0 Å². The molecule has 0 aliphatic carbocycles. The van der Waals surface area contributed by atoms with Crippen LogP contribution in [-0.2, 0) is 20.7 Å². The zero-order valence-corrected chi connectivity index (χ0v) is 11.5. The lowest BCUT2D eigenvalue weighted by atomic mass is 10.1. The van der Waals surface area contributed by atoms with Gasteiger partial charge in [0.25, 0.3) is 0 Å². The largest absolute Gasteiger partial charge is 0.465 e. The number of benzene rings is 1. The van der Waals surface area contributed by atoms with Gasteiger partial charge < -0.3 is 15.2 Å². The van der Waals surface area contributed by atoms with E-state index in [1.165, 1.54) is 5.56 Å². The van der Waals surface area contributed by atoms with E-state index in [2.05, 4.69) is 12.1 Å². The van der Waals surface area contributed by atoms with Crippen molar-refractivity contribution in [3.8, 4) is 0 Å². The predicted molar refractivity (Wildman–Crippen MR) is 74.8 cm³/mol. The van der Waals surface area contributed by atoms with Gasteiger partial charge in [0.15, 0.2) is 0 Å². The van der Waals surface area contributed by atoms with Gasteiger partial charge in [-0.25, -0.2) is 0 Å². The van der Waals surface area contributed by atoms with Gasteiger partial charge in [0.1, 0.15) is 6.04 Å². The Balaban J connectivity index is 2.01. The van der Waals surface area contributed by atoms with Crippen molar-refractivity contribution in [2.45, 2.75) is 32.2 Å². The number of hydrogen-bond acceptors (Lipinski definition) is 4. The molecule has 0 amide bonds. The normalized spacial score (nSPS) is 12.1. The number of ether oxygens (including phenoxy) is 2. The second kappa shape index (κ2) is 9.53. The van der Waals surface area contributed by atoms with Crippen molar-refractivity contribution < 1.29 is 14.3 Å². The lowest BCUT2D eigenvalue weighted by Crippen LogP contribution is -2.33. The molecule has 1 rings (SSSR count). The fourth-order valence-corrected chi connectivity index (χ4v) is 1.70. The molecule has 0 aliphatic rings. The summed E-state index contributed by atoms with van der Waals surface area (Å²) >= 11 is 0. The van der Waals surface area contributed by atoms with E-state index in [0.29, 0.717) is 26.2 Å². The van der Waals surface area contributed by atoms with Gasteiger partial charge in [-0.3, -0.25) is 4.79 Å². The highest BCUT2D eigenvalue weighted by molar-refractivity contribution is 5.75. The lowest BCUT2D eigenvalue weighted by molar-refractivity contribution is -0.145. The highest BCUT2D eigenvalue weighted by atomic mass is 16.5. The molecule has 0 saturated heterocycles. The lowest BCUT2D eigenvalue weighted by Gasteiger charge is -2.10. The Morgan fingerprint density at radius 2 is 2.00 bits per heavy atom. The molecular formula is C15H23NO3. The molecule has 1 aromatic carbocycles. The molecule has 1 aromatic rings. The van der Waals surface area contributed by atoms with Crippen LogP contribution in [-0.4, -0.2) is 31.8 Å². The van der Waals surface area contributed by atoms with Crippen LogP contribution < -0.4 is 5.73 Å². The molecule has 4 nitrogen and oxygen atoms in total. The zero-order chi connectivity index (χ0) is 13.9. The SMILES string of the molecule is CCOC(=O)C(N)CCOCCCc1ccccc1. The quantitative estimate of drug-likeness (QED) is 0.547. The van der Waals surface area contributed by atoms with Gasteiger partial charge in [0, 0.05) is 13.2 Å². The molecule has 0 aromatic heterocycles. The standard InChI is InChI=1S/C15H23NO3/c1-2-19-15(17)14(16)10-12-18-11-6-9-13-7-4-3-5-8-13/h3-5,7-8,14H,2,6,9-12,16H2,1H3. The van der Waals surface area contributed by atoms with Gasteiger partial charge >= 0.3 is 5.97 Å². The number of rotatable bonds is 9. The molecule has 0 bridgehead atoms. The molecule has 2 N–H and O–H groups in total. The monoisotopic (exact) mass is 265 g/mol. The molecule has 1 unspecified atom stereocenters. The molecule has 0 fully saturated rings. The van der Waals surface area contributed by atoms with Crippen LogP contribution in [0.25, 0.3) is 0 Å². The number of hydrogen-bond donors (Lipinski definition) is 1. The first kappa shape index (κ1) is 15.7. The minimum atomic E-state index is -0.575. The molecule has 4 heteroatoms. The highest BCUT2D eigenvalue weighted by Crippen LogP contribution is 2.02. The Labute approximate surface area is 114 Å². The minimum absolute atomic E-state index is 0.351. The molecule has 0 aliphatic heterocycles. The van der Waals surface area contributed by atoms with Gasteiger partial charge in [-0.2, -0.15) is 0 Å². The first-order chi connectivity index (χ1) is 9.24. The predicted octanol–water partition coefficient (Wildman–Crippen LogP) is 1.92. The van der Waals surface area contributed by atoms with Crippen molar-refractivity contribution in [1.82, 2.24) is 0 Å².